The van der Waals surface area contributed by atoms with Gasteiger partial charge in [-0.1, -0.05) is 12.1 Å². The van der Waals surface area contributed by atoms with Crippen molar-refractivity contribution in [1.82, 2.24) is 0 Å². The second-order valence-electron chi connectivity index (χ2n) is 7.69. The molecule has 0 heterocycles. The van der Waals surface area contributed by atoms with Crippen LogP contribution in [-0.2, 0) is 11.1 Å². The number of methoxy groups -OCH3 is 1. The summed E-state index contributed by atoms with van der Waals surface area (Å²) < 4.78 is 11.2. The molecule has 1 aromatic rings. The lowest BCUT2D eigenvalue weighted by Crippen LogP contribution is -2.49. The molecule has 2 N–H and O–H groups in total. The Labute approximate surface area is 141 Å². The number of hydrogen-bond donors (Lipinski definition) is 2. The van der Waals surface area contributed by atoms with Gasteiger partial charge in [-0.3, -0.25) is 0 Å². The van der Waals surface area contributed by atoms with Crippen molar-refractivity contribution < 1.29 is 19.6 Å². The summed E-state index contributed by atoms with van der Waals surface area (Å²) >= 11 is 0. The van der Waals surface area contributed by atoms with E-state index in [2.05, 4.69) is 0 Å². The first-order chi connectivity index (χ1) is 10.4. The summed E-state index contributed by atoms with van der Waals surface area (Å²) in [6, 6.07) is 5.88. The zero-order chi connectivity index (χ0) is 17.9. The maximum atomic E-state index is 10.2. The fourth-order valence-corrected chi connectivity index (χ4v) is 1.84. The van der Waals surface area contributed by atoms with Crippen molar-refractivity contribution >= 4 is 12.9 Å². The lowest BCUT2D eigenvalue weighted by molar-refractivity contribution is -0.0893. The molecule has 0 atom stereocenters. The van der Waals surface area contributed by atoms with E-state index >= 15 is 0 Å². The van der Waals surface area contributed by atoms with E-state index in [0.717, 1.165) is 17.4 Å². The Morgan fingerprint density at radius 2 is 1.65 bits per heavy atom. The smallest absolute Gasteiger partial charge is 0.334 e. The van der Waals surface area contributed by atoms with Crippen LogP contribution in [0.15, 0.2) is 18.2 Å². The lowest BCUT2D eigenvalue weighted by Gasteiger charge is -2.37. The predicted octanol–water partition coefficient (Wildman–Crippen LogP) is 2.21. The first-order valence-electron chi connectivity index (χ1n) is 7.98. The van der Waals surface area contributed by atoms with Gasteiger partial charge < -0.3 is 19.6 Å². The van der Waals surface area contributed by atoms with E-state index in [-0.39, 0.29) is 0 Å². The third-order valence-electron chi connectivity index (χ3n) is 4.27. The lowest BCUT2D eigenvalue weighted by atomic mass is 9.81. The van der Waals surface area contributed by atoms with E-state index in [0.29, 0.717) is 12.2 Å². The molecule has 0 saturated heterocycles. The first-order valence-corrected chi connectivity index (χ1v) is 7.98. The van der Waals surface area contributed by atoms with E-state index in [1.165, 1.54) is 0 Å². The first kappa shape index (κ1) is 20.0. The molecule has 0 aliphatic rings. The van der Waals surface area contributed by atoms with Crippen molar-refractivity contribution in [2.24, 2.45) is 0 Å². The van der Waals surface area contributed by atoms with Crippen LogP contribution >= 0.6 is 0 Å². The highest BCUT2D eigenvalue weighted by atomic mass is 16.5. The Bertz CT molecular complexity index is 513. The topological polar surface area (TPSA) is 58.9 Å². The SMILES string of the molecule is COc1ccc(CCC(C)(C)O)cc1[B]OC(C)(C)C(C)(C)O. The Hall–Kier alpha value is -1.04. The van der Waals surface area contributed by atoms with Gasteiger partial charge in [-0.05, 0) is 71.5 Å². The van der Waals surface area contributed by atoms with Crippen LogP contribution in [0.25, 0.3) is 0 Å². The van der Waals surface area contributed by atoms with E-state index in [9.17, 15) is 10.2 Å². The van der Waals surface area contributed by atoms with Crippen molar-refractivity contribution in [2.45, 2.75) is 71.2 Å². The maximum Gasteiger partial charge on any atom is 0.334 e. The van der Waals surface area contributed by atoms with Gasteiger partial charge in [-0.15, -0.1) is 0 Å². The zero-order valence-corrected chi connectivity index (χ0v) is 15.4. The van der Waals surface area contributed by atoms with Gasteiger partial charge in [0.15, 0.2) is 0 Å². The van der Waals surface area contributed by atoms with Crippen LogP contribution in [-0.4, -0.2) is 41.6 Å². The highest BCUT2D eigenvalue weighted by molar-refractivity contribution is 6.48. The molecule has 129 valence electrons. The molecule has 0 aliphatic heterocycles. The summed E-state index contributed by atoms with van der Waals surface area (Å²) in [6.45, 7) is 10.7. The Balaban J connectivity index is 2.88. The molecule has 1 radical (unpaired) electrons. The monoisotopic (exact) mass is 321 g/mol. The van der Waals surface area contributed by atoms with Crippen molar-refractivity contribution in [1.29, 1.82) is 0 Å². The quantitative estimate of drug-likeness (QED) is 0.721. The minimum Gasteiger partial charge on any atom is -0.497 e. The Kier molecular flexibility index (Phi) is 6.30. The summed E-state index contributed by atoms with van der Waals surface area (Å²) in [5.41, 5.74) is -0.485. The van der Waals surface area contributed by atoms with Crippen LogP contribution in [0, 0.1) is 0 Å². The minimum absolute atomic E-state index is 0.675. The molecule has 0 unspecified atom stereocenters. The Morgan fingerprint density at radius 1 is 1.04 bits per heavy atom. The number of benzene rings is 1. The third-order valence-corrected chi connectivity index (χ3v) is 4.27. The normalized spacial score (nSPS) is 13.1. The molecule has 23 heavy (non-hydrogen) atoms. The van der Waals surface area contributed by atoms with E-state index in [1.54, 1.807) is 42.3 Å². The molecule has 1 rings (SSSR count). The van der Waals surface area contributed by atoms with Crippen LogP contribution in [0.3, 0.4) is 0 Å². The average Bonchev–Trinajstić information content (AvgIpc) is 2.41. The second-order valence-corrected chi connectivity index (χ2v) is 7.69. The summed E-state index contributed by atoms with van der Waals surface area (Å²) in [5.74, 6) is 0.712. The molecule has 5 heteroatoms. The van der Waals surface area contributed by atoms with Crippen LogP contribution in [0.2, 0.25) is 0 Å². The summed E-state index contributed by atoms with van der Waals surface area (Å²) in [5, 5.41) is 20.0. The van der Waals surface area contributed by atoms with Gasteiger partial charge in [-0.2, -0.15) is 0 Å². The fraction of sp³-hybridized carbons (Fsp3) is 0.667. The number of ether oxygens (including phenoxy) is 1. The van der Waals surface area contributed by atoms with Gasteiger partial charge in [0.2, 0.25) is 0 Å². The van der Waals surface area contributed by atoms with Crippen LogP contribution < -0.4 is 10.2 Å². The van der Waals surface area contributed by atoms with Gasteiger partial charge in [-0.25, -0.2) is 0 Å². The van der Waals surface area contributed by atoms with Crippen molar-refractivity contribution in [3.63, 3.8) is 0 Å². The summed E-state index contributed by atoms with van der Waals surface area (Å²) in [4.78, 5) is 0. The molecule has 0 amide bonds. The maximum absolute atomic E-state index is 10.2. The molecule has 0 bridgehead atoms. The molecular weight excluding hydrogens is 291 g/mol. The van der Waals surface area contributed by atoms with Crippen LogP contribution in [0.5, 0.6) is 5.75 Å². The van der Waals surface area contributed by atoms with Crippen LogP contribution in [0.4, 0.5) is 0 Å². The van der Waals surface area contributed by atoms with E-state index in [4.69, 9.17) is 9.39 Å². The number of aryl methyl sites for hydroxylation is 1. The molecule has 0 fully saturated rings. The van der Waals surface area contributed by atoms with Crippen molar-refractivity contribution in [3.05, 3.63) is 23.8 Å². The summed E-state index contributed by atoms with van der Waals surface area (Å²) in [7, 11) is 3.24. The van der Waals surface area contributed by atoms with Gasteiger partial charge in [0.05, 0.1) is 23.9 Å². The predicted molar refractivity (Wildman–Crippen MR) is 94.5 cm³/mol. The van der Waals surface area contributed by atoms with E-state index in [1.807, 2.05) is 32.0 Å². The highest BCUT2D eigenvalue weighted by Crippen LogP contribution is 2.24. The molecule has 0 aliphatic carbocycles. The van der Waals surface area contributed by atoms with Gasteiger partial charge in [0.25, 0.3) is 0 Å². The second kappa shape index (κ2) is 7.24. The minimum atomic E-state index is -0.977. The molecule has 0 saturated carbocycles. The molecular formula is C18H30BO4. The molecule has 0 spiro atoms. The van der Waals surface area contributed by atoms with E-state index < -0.39 is 16.8 Å². The molecule has 0 aromatic heterocycles. The molecule has 4 nitrogen and oxygen atoms in total. The number of rotatable bonds is 8. The largest absolute Gasteiger partial charge is 0.497 e. The standard InChI is InChI=1S/C18H30BO4/c1-16(2,20)11-10-13-8-9-15(22-7)14(12-13)19-23-18(5,6)17(3,4)21/h8-9,12,20-21H,10-11H2,1-7H3. The number of hydrogen-bond acceptors (Lipinski definition) is 4. The van der Waals surface area contributed by atoms with Crippen LogP contribution in [0.1, 0.15) is 53.5 Å². The zero-order valence-electron chi connectivity index (χ0n) is 15.4. The highest BCUT2D eigenvalue weighted by Gasteiger charge is 2.36. The average molecular weight is 321 g/mol. The summed E-state index contributed by atoms with van der Waals surface area (Å²) in [6.07, 6.45) is 1.44. The number of aliphatic hydroxyl groups is 2. The van der Waals surface area contributed by atoms with Gasteiger partial charge in [0, 0.05) is 0 Å². The Morgan fingerprint density at radius 3 is 2.13 bits per heavy atom. The molecule has 1 aromatic carbocycles. The fourth-order valence-electron chi connectivity index (χ4n) is 1.84. The van der Waals surface area contributed by atoms with Crippen molar-refractivity contribution in [2.75, 3.05) is 7.11 Å². The van der Waals surface area contributed by atoms with Crippen molar-refractivity contribution in [3.8, 4) is 5.75 Å². The third kappa shape index (κ3) is 6.17. The van der Waals surface area contributed by atoms with Gasteiger partial charge in [0.1, 0.15) is 5.75 Å². The van der Waals surface area contributed by atoms with Gasteiger partial charge >= 0.3 is 7.48 Å².